The summed E-state index contributed by atoms with van der Waals surface area (Å²) in [5, 5.41) is 42.8. The molecule has 200 valence electrons. The predicted octanol–water partition coefficient (Wildman–Crippen LogP) is 6.08. The van der Waals surface area contributed by atoms with Crippen molar-refractivity contribution in [1.82, 2.24) is 19.5 Å². The normalized spacial score (nSPS) is 11.3. The number of aromatic nitrogens is 4. The van der Waals surface area contributed by atoms with Crippen molar-refractivity contribution in [3.8, 4) is 62.9 Å². The first-order valence-electron chi connectivity index (χ1n) is 12.7. The molecule has 0 unspecified atom stereocenters. The Bertz CT molecular complexity index is 1630. The highest BCUT2D eigenvalue weighted by molar-refractivity contribution is 5.96. The molecule has 0 radical (unpaired) electrons. The molecule has 39 heavy (non-hydrogen) atoms. The van der Waals surface area contributed by atoms with Gasteiger partial charge in [-0.05, 0) is 62.7 Å². The Balaban J connectivity index is 1.82. The summed E-state index contributed by atoms with van der Waals surface area (Å²) in [7, 11) is 1.61. The van der Waals surface area contributed by atoms with E-state index in [1.54, 1.807) is 21.0 Å². The Labute approximate surface area is 225 Å². The smallest absolute Gasteiger partial charge is 0.167 e. The molecule has 0 saturated heterocycles. The lowest BCUT2D eigenvalue weighted by Crippen LogP contribution is -2.01. The van der Waals surface area contributed by atoms with E-state index in [1.807, 2.05) is 24.4 Å². The fraction of sp³-hybridized carbons (Fsp3) is 0.233. The van der Waals surface area contributed by atoms with E-state index in [1.165, 1.54) is 24.3 Å². The highest BCUT2D eigenvalue weighted by Crippen LogP contribution is 2.40. The Morgan fingerprint density at radius 3 is 1.79 bits per heavy atom. The first-order valence-corrected chi connectivity index (χ1v) is 12.7. The number of phenols is 4. The number of aromatic hydroxyl groups is 4. The molecule has 0 aliphatic carbocycles. The van der Waals surface area contributed by atoms with Gasteiger partial charge in [0.05, 0.1) is 18.2 Å². The third-order valence-corrected chi connectivity index (χ3v) is 7.00. The quantitative estimate of drug-likeness (QED) is 0.201. The molecule has 0 bridgehead atoms. The number of phenolic OH excluding ortho intramolecular Hbond substituents is 4. The van der Waals surface area contributed by atoms with Crippen molar-refractivity contribution in [2.45, 2.75) is 40.2 Å². The summed E-state index contributed by atoms with van der Waals surface area (Å²) in [5.41, 5.74) is 2.92. The van der Waals surface area contributed by atoms with Gasteiger partial charge in [0.15, 0.2) is 17.5 Å². The average Bonchev–Trinajstić information content (AvgIpc) is 3.31. The van der Waals surface area contributed by atoms with E-state index in [0.717, 1.165) is 35.9 Å². The Kier molecular flexibility index (Phi) is 6.74. The summed E-state index contributed by atoms with van der Waals surface area (Å²) in [4.78, 5) is 14.1. The minimum absolute atomic E-state index is 0.0522. The van der Waals surface area contributed by atoms with Crippen LogP contribution in [0.1, 0.15) is 30.9 Å². The zero-order valence-electron chi connectivity index (χ0n) is 22.2. The lowest BCUT2D eigenvalue weighted by Gasteiger charge is -2.12. The number of nitrogens with zero attached hydrogens (tertiary/aromatic N) is 4. The molecule has 0 aliphatic rings. The Morgan fingerprint density at radius 2 is 1.28 bits per heavy atom. The average molecular weight is 527 g/mol. The number of benzene rings is 3. The number of fused-ring (bicyclic) bond motifs is 1. The highest BCUT2D eigenvalue weighted by atomic mass is 16.5. The van der Waals surface area contributed by atoms with Crippen LogP contribution in [0.5, 0.6) is 28.7 Å². The SMILES string of the molecule is CCCCn1cc(-c2nc(-c3ccc(O)c(C)c3O)nc(-c3ccc(O)c(C)c3O)n2)c2cc(OC)ccc21. The largest absolute Gasteiger partial charge is 0.508 e. The van der Waals surface area contributed by atoms with Crippen LogP contribution in [0.25, 0.3) is 45.1 Å². The van der Waals surface area contributed by atoms with Crippen LogP contribution in [-0.4, -0.2) is 47.1 Å². The second kappa shape index (κ2) is 10.2. The summed E-state index contributed by atoms with van der Waals surface area (Å²) in [6.45, 7) is 6.14. The highest BCUT2D eigenvalue weighted by Gasteiger charge is 2.22. The van der Waals surface area contributed by atoms with Gasteiger partial charge in [0, 0.05) is 40.3 Å². The van der Waals surface area contributed by atoms with Crippen molar-refractivity contribution in [3.05, 3.63) is 59.8 Å². The van der Waals surface area contributed by atoms with Crippen LogP contribution in [0, 0.1) is 13.8 Å². The van der Waals surface area contributed by atoms with Crippen molar-refractivity contribution in [2.24, 2.45) is 0 Å². The molecule has 0 saturated carbocycles. The topological polar surface area (TPSA) is 134 Å². The van der Waals surface area contributed by atoms with Crippen molar-refractivity contribution < 1.29 is 25.2 Å². The molecular formula is C30H30N4O5. The minimum atomic E-state index is -0.156. The van der Waals surface area contributed by atoms with Gasteiger partial charge in [-0.2, -0.15) is 0 Å². The fourth-order valence-electron chi connectivity index (χ4n) is 4.57. The standard InChI is InChI=1S/C30H30N4O5/c1-5-6-13-34-15-22(21-14-18(39-4)7-10-23(21)34)30-32-28(19-8-11-24(35)16(2)26(19)37)31-29(33-30)20-9-12-25(36)17(3)27(20)38/h7-12,14-15,35-38H,5-6,13H2,1-4H3. The molecule has 0 spiro atoms. The molecule has 9 nitrogen and oxygen atoms in total. The number of ether oxygens (including phenoxy) is 1. The summed E-state index contributed by atoms with van der Waals surface area (Å²) in [5.74, 6) is 0.930. The van der Waals surface area contributed by atoms with Gasteiger partial charge in [0.1, 0.15) is 28.7 Å². The number of aryl methyl sites for hydroxylation is 1. The molecule has 0 amide bonds. The maximum Gasteiger partial charge on any atom is 0.167 e. The van der Waals surface area contributed by atoms with Crippen LogP contribution in [0.4, 0.5) is 0 Å². The zero-order chi connectivity index (χ0) is 27.8. The Hall–Kier alpha value is -4.79. The molecule has 5 aromatic rings. The van der Waals surface area contributed by atoms with E-state index < -0.39 is 0 Å². The number of unbranched alkanes of at least 4 members (excludes halogenated alkanes) is 1. The van der Waals surface area contributed by atoms with Crippen LogP contribution in [0.3, 0.4) is 0 Å². The molecule has 0 aliphatic heterocycles. The molecule has 0 fully saturated rings. The summed E-state index contributed by atoms with van der Waals surface area (Å²) < 4.78 is 7.65. The lowest BCUT2D eigenvalue weighted by molar-refractivity contribution is 0.415. The Morgan fingerprint density at radius 1 is 0.744 bits per heavy atom. The summed E-state index contributed by atoms with van der Waals surface area (Å²) in [6, 6.07) is 11.9. The van der Waals surface area contributed by atoms with Crippen molar-refractivity contribution >= 4 is 10.9 Å². The van der Waals surface area contributed by atoms with Gasteiger partial charge in [-0.3, -0.25) is 0 Å². The number of rotatable bonds is 7. The molecule has 2 aromatic heterocycles. The van der Waals surface area contributed by atoms with Crippen molar-refractivity contribution in [1.29, 1.82) is 0 Å². The van der Waals surface area contributed by atoms with Gasteiger partial charge in [0.2, 0.25) is 0 Å². The number of hydrogen-bond acceptors (Lipinski definition) is 8. The van der Waals surface area contributed by atoms with E-state index in [2.05, 4.69) is 16.5 Å². The maximum absolute atomic E-state index is 10.9. The van der Waals surface area contributed by atoms with Gasteiger partial charge in [-0.15, -0.1) is 0 Å². The third-order valence-electron chi connectivity index (χ3n) is 7.00. The van der Waals surface area contributed by atoms with Crippen molar-refractivity contribution in [2.75, 3.05) is 7.11 Å². The molecule has 3 aromatic carbocycles. The number of hydrogen-bond donors (Lipinski definition) is 4. The van der Waals surface area contributed by atoms with Gasteiger partial charge in [0.25, 0.3) is 0 Å². The summed E-state index contributed by atoms with van der Waals surface area (Å²) in [6.07, 6.45) is 4.01. The van der Waals surface area contributed by atoms with E-state index >= 15 is 0 Å². The van der Waals surface area contributed by atoms with E-state index in [0.29, 0.717) is 33.8 Å². The van der Waals surface area contributed by atoms with E-state index in [-0.39, 0.29) is 34.6 Å². The zero-order valence-corrected chi connectivity index (χ0v) is 22.2. The van der Waals surface area contributed by atoms with E-state index in [9.17, 15) is 20.4 Å². The second-order valence-electron chi connectivity index (χ2n) is 9.49. The number of methoxy groups -OCH3 is 1. The lowest BCUT2D eigenvalue weighted by atomic mass is 10.1. The third kappa shape index (κ3) is 4.56. The van der Waals surface area contributed by atoms with E-state index in [4.69, 9.17) is 14.7 Å². The summed E-state index contributed by atoms with van der Waals surface area (Å²) >= 11 is 0. The first kappa shape index (κ1) is 25.8. The molecule has 9 heteroatoms. The molecule has 2 heterocycles. The fourth-order valence-corrected chi connectivity index (χ4v) is 4.57. The van der Waals surface area contributed by atoms with Gasteiger partial charge < -0.3 is 29.7 Å². The minimum Gasteiger partial charge on any atom is -0.508 e. The predicted molar refractivity (Wildman–Crippen MR) is 149 cm³/mol. The van der Waals surface area contributed by atoms with Crippen LogP contribution >= 0.6 is 0 Å². The van der Waals surface area contributed by atoms with Crippen LogP contribution in [0.2, 0.25) is 0 Å². The second-order valence-corrected chi connectivity index (χ2v) is 9.49. The molecule has 5 rings (SSSR count). The molecule has 0 atom stereocenters. The van der Waals surface area contributed by atoms with Gasteiger partial charge in [-0.1, -0.05) is 13.3 Å². The van der Waals surface area contributed by atoms with Gasteiger partial charge >= 0.3 is 0 Å². The maximum atomic E-state index is 10.9. The van der Waals surface area contributed by atoms with Gasteiger partial charge in [-0.25, -0.2) is 15.0 Å². The molecule has 4 N–H and O–H groups in total. The van der Waals surface area contributed by atoms with Crippen molar-refractivity contribution in [3.63, 3.8) is 0 Å². The molecular weight excluding hydrogens is 496 g/mol. The van der Waals surface area contributed by atoms with Crippen LogP contribution < -0.4 is 4.74 Å². The van der Waals surface area contributed by atoms with Crippen LogP contribution in [-0.2, 0) is 6.54 Å². The van der Waals surface area contributed by atoms with Crippen LogP contribution in [0.15, 0.2) is 48.7 Å². The first-order chi connectivity index (χ1) is 18.7. The monoisotopic (exact) mass is 526 g/mol.